The fraction of sp³-hybridized carbons (Fsp3) is 0.400. The van der Waals surface area contributed by atoms with Crippen molar-refractivity contribution in [2.75, 3.05) is 30.8 Å². The maximum atomic E-state index is 12.1. The fourth-order valence-corrected chi connectivity index (χ4v) is 3.26. The van der Waals surface area contributed by atoms with Crippen LogP contribution >= 0.6 is 0 Å². The average Bonchev–Trinajstić information content (AvgIpc) is 2.43. The van der Waals surface area contributed by atoms with Gasteiger partial charge >= 0.3 is 10.4 Å². The van der Waals surface area contributed by atoms with Crippen LogP contribution in [0.3, 0.4) is 0 Å². The molecule has 1 aromatic carbocycles. The molecule has 0 unspecified atom stereocenters. The lowest BCUT2D eigenvalue weighted by Gasteiger charge is -2.08. The number of nitro benzene ring substituents is 1. The van der Waals surface area contributed by atoms with E-state index >= 15 is 0 Å². The van der Waals surface area contributed by atoms with Gasteiger partial charge in [-0.1, -0.05) is 0 Å². The van der Waals surface area contributed by atoms with Crippen molar-refractivity contribution in [3.63, 3.8) is 0 Å². The first kappa shape index (κ1) is 19.2. The summed E-state index contributed by atoms with van der Waals surface area (Å²) in [7, 11) is -8.98. The highest BCUT2D eigenvalue weighted by atomic mass is 32.3. The number of nitrogens with one attached hydrogen (secondary N) is 1. The quantitative estimate of drug-likeness (QED) is 0.293. The smallest absolute Gasteiger partial charge is 0.384 e. The number of benzene rings is 1. The van der Waals surface area contributed by atoms with E-state index in [4.69, 9.17) is 10.3 Å². The molecule has 4 N–H and O–H groups in total. The summed E-state index contributed by atoms with van der Waals surface area (Å²) in [6, 6.07) is 3.38. The fourth-order valence-electron chi connectivity index (χ4n) is 1.61. The molecular formula is C10H15N3O8S2. The second-order valence-corrected chi connectivity index (χ2v) is 7.39. The van der Waals surface area contributed by atoms with Crippen LogP contribution in [0.4, 0.5) is 11.4 Å². The number of anilines is 1. The number of hydrogen-bond donors (Lipinski definition) is 3. The summed E-state index contributed by atoms with van der Waals surface area (Å²) in [5, 5.41) is 13.8. The predicted molar refractivity (Wildman–Crippen MR) is 80.2 cm³/mol. The molecule has 1 rings (SSSR count). The van der Waals surface area contributed by atoms with Crippen molar-refractivity contribution in [1.29, 1.82) is 0 Å². The molecule has 0 atom stereocenters. The lowest BCUT2D eigenvalue weighted by molar-refractivity contribution is -0.387. The first-order valence-electron chi connectivity index (χ1n) is 6.14. The Kier molecular flexibility index (Phi) is 6.40. The second-order valence-electron chi connectivity index (χ2n) is 4.22. The highest BCUT2D eigenvalue weighted by molar-refractivity contribution is 7.91. The minimum absolute atomic E-state index is 0.279. The van der Waals surface area contributed by atoms with Gasteiger partial charge in [0.15, 0.2) is 9.84 Å². The number of nitrogens with zero attached hydrogens (tertiary/aromatic N) is 1. The van der Waals surface area contributed by atoms with Crippen LogP contribution in [0.15, 0.2) is 23.1 Å². The minimum Gasteiger partial charge on any atom is -0.384 e. The van der Waals surface area contributed by atoms with Gasteiger partial charge in [0.05, 0.1) is 17.3 Å². The van der Waals surface area contributed by atoms with Crippen molar-refractivity contribution >= 4 is 31.6 Å². The van der Waals surface area contributed by atoms with E-state index in [0.29, 0.717) is 12.2 Å². The highest BCUT2D eigenvalue weighted by Crippen LogP contribution is 2.28. The molecule has 0 heterocycles. The van der Waals surface area contributed by atoms with Crippen LogP contribution in [0.2, 0.25) is 0 Å². The van der Waals surface area contributed by atoms with E-state index in [9.17, 15) is 26.9 Å². The van der Waals surface area contributed by atoms with Crippen LogP contribution in [-0.4, -0.2) is 51.8 Å². The van der Waals surface area contributed by atoms with Gasteiger partial charge in [0.1, 0.15) is 4.90 Å². The second kappa shape index (κ2) is 7.65. The topological polar surface area (TPSA) is 179 Å². The molecule has 0 aliphatic rings. The summed E-state index contributed by atoms with van der Waals surface area (Å²) in [5.41, 5.74) is 4.94. The zero-order chi connectivity index (χ0) is 17.7. The Balaban J connectivity index is 3.07. The molecule has 1 aromatic rings. The molecule has 0 aliphatic heterocycles. The summed E-state index contributed by atoms with van der Waals surface area (Å²) in [5.74, 6) is -0.858. The van der Waals surface area contributed by atoms with Gasteiger partial charge in [0, 0.05) is 24.8 Å². The Morgan fingerprint density at radius 1 is 1.30 bits per heavy atom. The van der Waals surface area contributed by atoms with E-state index in [0.717, 1.165) is 12.1 Å². The molecule has 11 nitrogen and oxygen atoms in total. The largest absolute Gasteiger partial charge is 0.397 e. The Morgan fingerprint density at radius 3 is 2.48 bits per heavy atom. The average molecular weight is 369 g/mol. The van der Waals surface area contributed by atoms with Gasteiger partial charge < -0.3 is 11.1 Å². The number of sulfone groups is 1. The molecule has 0 fully saturated rings. The third-order valence-corrected chi connectivity index (χ3v) is 4.73. The zero-order valence-corrected chi connectivity index (χ0v) is 13.3. The first-order chi connectivity index (χ1) is 10.6. The van der Waals surface area contributed by atoms with E-state index in [2.05, 4.69) is 9.50 Å². The molecule has 0 aliphatic carbocycles. The zero-order valence-electron chi connectivity index (χ0n) is 11.7. The summed E-state index contributed by atoms with van der Waals surface area (Å²) in [6.07, 6.45) is 0. The number of rotatable bonds is 9. The summed E-state index contributed by atoms with van der Waals surface area (Å²) >= 11 is 0. The molecule has 0 bridgehead atoms. The predicted octanol–water partition coefficient (Wildman–Crippen LogP) is -0.441. The SMILES string of the molecule is NCCNc1ccc(S(=O)(=O)CCOS(=O)(=O)O)c([N+](=O)[O-])c1. The van der Waals surface area contributed by atoms with E-state index in [1.54, 1.807) is 0 Å². The minimum atomic E-state index is -4.79. The molecule has 0 aromatic heterocycles. The molecule has 0 radical (unpaired) electrons. The van der Waals surface area contributed by atoms with Gasteiger partial charge in [0.2, 0.25) is 0 Å². The van der Waals surface area contributed by atoms with Crippen LogP contribution < -0.4 is 11.1 Å². The van der Waals surface area contributed by atoms with Crippen molar-refractivity contribution in [2.24, 2.45) is 5.73 Å². The highest BCUT2D eigenvalue weighted by Gasteiger charge is 2.26. The van der Waals surface area contributed by atoms with E-state index < -0.39 is 48.1 Å². The maximum absolute atomic E-state index is 12.1. The third-order valence-electron chi connectivity index (χ3n) is 2.55. The number of nitro groups is 1. The van der Waals surface area contributed by atoms with Crippen LogP contribution in [0, 0.1) is 10.1 Å². The van der Waals surface area contributed by atoms with E-state index in [1.807, 2.05) is 0 Å². The third kappa shape index (κ3) is 6.07. The van der Waals surface area contributed by atoms with Gasteiger partial charge in [-0.05, 0) is 12.1 Å². The molecule has 130 valence electrons. The number of nitrogens with two attached hydrogens (primary N) is 1. The van der Waals surface area contributed by atoms with Gasteiger partial charge in [-0.2, -0.15) is 8.42 Å². The van der Waals surface area contributed by atoms with Crippen molar-refractivity contribution in [2.45, 2.75) is 4.90 Å². The standard InChI is InChI=1S/C10H15N3O8S2/c11-3-4-12-8-1-2-10(9(7-8)13(14)15)22(16,17)6-5-21-23(18,19)20/h1-2,7,12H,3-6,11H2,(H,18,19,20). The summed E-state index contributed by atoms with van der Waals surface area (Å²) < 4.78 is 57.2. The maximum Gasteiger partial charge on any atom is 0.397 e. The Bertz CT molecular complexity index is 775. The Labute approximate surface area is 132 Å². The van der Waals surface area contributed by atoms with Crippen LogP contribution in [0.1, 0.15) is 0 Å². The molecule has 23 heavy (non-hydrogen) atoms. The van der Waals surface area contributed by atoms with Crippen LogP contribution in [0.25, 0.3) is 0 Å². The van der Waals surface area contributed by atoms with Crippen LogP contribution in [0.5, 0.6) is 0 Å². The monoisotopic (exact) mass is 369 g/mol. The van der Waals surface area contributed by atoms with Crippen molar-refractivity contribution in [1.82, 2.24) is 0 Å². The molecule has 0 spiro atoms. The summed E-state index contributed by atoms with van der Waals surface area (Å²) in [4.78, 5) is 9.59. The van der Waals surface area contributed by atoms with Crippen molar-refractivity contribution < 1.29 is 30.5 Å². The van der Waals surface area contributed by atoms with Crippen LogP contribution in [-0.2, 0) is 24.4 Å². The van der Waals surface area contributed by atoms with E-state index in [-0.39, 0.29) is 6.54 Å². The van der Waals surface area contributed by atoms with Gasteiger partial charge in [0.25, 0.3) is 5.69 Å². The van der Waals surface area contributed by atoms with Gasteiger partial charge in [-0.25, -0.2) is 12.6 Å². The normalized spacial score (nSPS) is 12.1. The molecule has 0 saturated heterocycles. The lowest BCUT2D eigenvalue weighted by atomic mass is 10.3. The van der Waals surface area contributed by atoms with Crippen molar-refractivity contribution in [3.8, 4) is 0 Å². The Hall–Kier alpha value is -1.80. The van der Waals surface area contributed by atoms with Gasteiger partial charge in [-0.15, -0.1) is 0 Å². The molecule has 0 amide bonds. The molecular weight excluding hydrogens is 354 g/mol. The van der Waals surface area contributed by atoms with E-state index in [1.165, 1.54) is 6.07 Å². The first-order valence-corrected chi connectivity index (χ1v) is 9.15. The molecule has 0 saturated carbocycles. The lowest BCUT2D eigenvalue weighted by Crippen LogP contribution is -2.17. The molecule has 13 heteroatoms. The summed E-state index contributed by atoms with van der Waals surface area (Å²) in [6.45, 7) is -0.252. The van der Waals surface area contributed by atoms with Gasteiger partial charge in [-0.3, -0.25) is 14.7 Å². The van der Waals surface area contributed by atoms with Crippen molar-refractivity contribution in [3.05, 3.63) is 28.3 Å². The number of hydrogen-bond acceptors (Lipinski definition) is 9. The Morgan fingerprint density at radius 2 is 1.96 bits per heavy atom.